The first-order valence-electron chi connectivity index (χ1n) is 3.76. The molecule has 2 rings (SSSR count). The third-order valence-electron chi connectivity index (χ3n) is 1.82. The van der Waals surface area contributed by atoms with Gasteiger partial charge in [-0.25, -0.2) is 9.66 Å². The second kappa shape index (κ2) is 3.09. The maximum Gasteiger partial charge on any atom is 0.232 e. The number of hydrogen-bond acceptors (Lipinski definition) is 4. The summed E-state index contributed by atoms with van der Waals surface area (Å²) in [7, 11) is 0. The lowest BCUT2D eigenvalue weighted by Crippen LogP contribution is -2.18. The van der Waals surface area contributed by atoms with Crippen molar-refractivity contribution >= 4 is 23.3 Å². The molecule has 0 spiro atoms. The van der Waals surface area contributed by atoms with Gasteiger partial charge in [-0.3, -0.25) is 4.79 Å². The highest BCUT2D eigenvalue weighted by Crippen LogP contribution is 2.06. The fraction of sp³-hybridized carbons (Fsp3) is 0. The summed E-state index contributed by atoms with van der Waals surface area (Å²) in [5, 5.41) is -0.162. The number of pyridine rings is 1. The zero-order valence-corrected chi connectivity index (χ0v) is 7.94. The standard InChI is InChI=1S/C7H4F2N4OS/c8-3-4(14)2-1-13(10)7(15)12-6(2)11-5(3)9/h1H,10H2,(H,11,12,15). The van der Waals surface area contributed by atoms with Crippen molar-refractivity contribution in [3.05, 3.63) is 33.0 Å². The molecule has 0 aromatic carbocycles. The van der Waals surface area contributed by atoms with E-state index < -0.39 is 17.2 Å². The van der Waals surface area contributed by atoms with Gasteiger partial charge < -0.3 is 10.8 Å². The molecule has 0 saturated heterocycles. The molecule has 5 nitrogen and oxygen atoms in total. The van der Waals surface area contributed by atoms with Crippen molar-refractivity contribution in [1.82, 2.24) is 14.6 Å². The van der Waals surface area contributed by atoms with E-state index in [4.69, 9.17) is 5.84 Å². The van der Waals surface area contributed by atoms with Gasteiger partial charge in [-0.1, -0.05) is 0 Å². The summed E-state index contributed by atoms with van der Waals surface area (Å²) in [6.45, 7) is 0. The number of aromatic amines is 1. The van der Waals surface area contributed by atoms with E-state index in [0.29, 0.717) is 0 Å². The SMILES string of the molecule is Nn1cc2c(=O)c(F)c(F)[nH]c2nc1=S. The van der Waals surface area contributed by atoms with E-state index >= 15 is 0 Å². The molecule has 0 atom stereocenters. The lowest BCUT2D eigenvalue weighted by Gasteiger charge is -2.01. The molecule has 0 radical (unpaired) electrons. The van der Waals surface area contributed by atoms with Gasteiger partial charge >= 0.3 is 0 Å². The highest BCUT2D eigenvalue weighted by atomic mass is 32.1. The van der Waals surface area contributed by atoms with Crippen LogP contribution >= 0.6 is 12.2 Å². The Kier molecular flexibility index (Phi) is 2.00. The maximum absolute atomic E-state index is 12.9. The van der Waals surface area contributed by atoms with Crippen molar-refractivity contribution in [3.63, 3.8) is 0 Å². The minimum absolute atomic E-state index is 0.0517. The summed E-state index contributed by atoms with van der Waals surface area (Å²) in [6, 6.07) is 0. The smallest absolute Gasteiger partial charge is 0.232 e. The molecule has 0 aliphatic rings. The van der Waals surface area contributed by atoms with Crippen LogP contribution in [0.1, 0.15) is 0 Å². The van der Waals surface area contributed by atoms with Crippen LogP contribution in [0.15, 0.2) is 11.0 Å². The minimum atomic E-state index is -1.50. The van der Waals surface area contributed by atoms with E-state index in [9.17, 15) is 13.6 Å². The van der Waals surface area contributed by atoms with Crippen LogP contribution in [0.25, 0.3) is 11.0 Å². The van der Waals surface area contributed by atoms with Crippen molar-refractivity contribution in [1.29, 1.82) is 0 Å². The molecule has 2 aromatic heterocycles. The van der Waals surface area contributed by atoms with Gasteiger partial charge in [0.15, 0.2) is 0 Å². The Balaban J connectivity index is 3.07. The molecule has 15 heavy (non-hydrogen) atoms. The van der Waals surface area contributed by atoms with Crippen LogP contribution in [0.3, 0.4) is 0 Å². The van der Waals surface area contributed by atoms with E-state index in [-0.39, 0.29) is 15.8 Å². The largest absolute Gasteiger partial charge is 0.337 e. The fourth-order valence-electron chi connectivity index (χ4n) is 1.11. The number of nitrogens with two attached hydrogens (primary N) is 1. The predicted molar refractivity (Wildman–Crippen MR) is 51.3 cm³/mol. The number of nitrogen functional groups attached to an aromatic ring is 1. The van der Waals surface area contributed by atoms with Gasteiger partial charge in [0.25, 0.3) is 0 Å². The number of H-pyrrole nitrogens is 1. The lowest BCUT2D eigenvalue weighted by molar-refractivity contribution is 0.477. The molecule has 2 heterocycles. The first-order chi connectivity index (χ1) is 7.00. The molecule has 0 saturated carbocycles. The van der Waals surface area contributed by atoms with Crippen LogP contribution in [-0.2, 0) is 0 Å². The number of rotatable bonds is 0. The van der Waals surface area contributed by atoms with E-state index in [1.807, 2.05) is 4.98 Å². The quantitative estimate of drug-likeness (QED) is 0.391. The predicted octanol–water partition coefficient (Wildman–Crippen LogP) is 0.446. The highest BCUT2D eigenvalue weighted by molar-refractivity contribution is 7.71. The third-order valence-corrected chi connectivity index (χ3v) is 2.12. The minimum Gasteiger partial charge on any atom is -0.337 e. The van der Waals surface area contributed by atoms with E-state index in [1.54, 1.807) is 0 Å². The molecule has 0 fully saturated rings. The van der Waals surface area contributed by atoms with Crippen molar-refractivity contribution in [2.24, 2.45) is 0 Å². The number of nitrogens with one attached hydrogen (secondary N) is 1. The normalized spacial score (nSPS) is 10.8. The van der Waals surface area contributed by atoms with Gasteiger partial charge in [0, 0.05) is 6.20 Å². The summed E-state index contributed by atoms with van der Waals surface area (Å²) < 4.78 is 26.5. The summed E-state index contributed by atoms with van der Waals surface area (Å²) in [5.41, 5.74) is -1.24. The average Bonchev–Trinajstić information content (AvgIpc) is 2.19. The van der Waals surface area contributed by atoms with Crippen LogP contribution in [0.4, 0.5) is 8.78 Å². The van der Waals surface area contributed by atoms with Crippen LogP contribution < -0.4 is 11.3 Å². The summed E-state index contributed by atoms with van der Waals surface area (Å²) in [5.74, 6) is 2.45. The van der Waals surface area contributed by atoms with Gasteiger partial charge in [0.2, 0.25) is 22.0 Å². The number of hydrogen-bond donors (Lipinski definition) is 2. The van der Waals surface area contributed by atoms with Crippen molar-refractivity contribution in [2.75, 3.05) is 5.84 Å². The molecule has 8 heteroatoms. The van der Waals surface area contributed by atoms with Crippen molar-refractivity contribution in [2.45, 2.75) is 0 Å². The fourth-order valence-corrected chi connectivity index (χ4v) is 1.25. The third kappa shape index (κ3) is 1.38. The molecular weight excluding hydrogens is 226 g/mol. The molecule has 0 aliphatic heterocycles. The Morgan fingerprint density at radius 3 is 2.87 bits per heavy atom. The second-order valence-electron chi connectivity index (χ2n) is 2.78. The van der Waals surface area contributed by atoms with Crippen molar-refractivity contribution in [3.8, 4) is 0 Å². The average molecular weight is 230 g/mol. The molecule has 0 bridgehead atoms. The van der Waals surface area contributed by atoms with Gasteiger partial charge in [-0.05, 0) is 12.2 Å². The van der Waals surface area contributed by atoms with Crippen molar-refractivity contribution < 1.29 is 8.78 Å². The number of aromatic nitrogens is 3. The van der Waals surface area contributed by atoms with E-state index in [0.717, 1.165) is 10.9 Å². The van der Waals surface area contributed by atoms with E-state index in [2.05, 4.69) is 17.2 Å². The maximum atomic E-state index is 12.9. The first-order valence-corrected chi connectivity index (χ1v) is 4.17. The molecule has 3 N–H and O–H groups in total. The first kappa shape index (κ1) is 9.71. The van der Waals surface area contributed by atoms with Crippen LogP contribution in [0.2, 0.25) is 0 Å². The summed E-state index contributed by atoms with van der Waals surface area (Å²) >= 11 is 4.69. The molecule has 0 aliphatic carbocycles. The lowest BCUT2D eigenvalue weighted by atomic mass is 10.3. The van der Waals surface area contributed by atoms with Gasteiger partial charge in [-0.15, -0.1) is 0 Å². The van der Waals surface area contributed by atoms with Crippen LogP contribution in [0, 0.1) is 16.5 Å². The zero-order chi connectivity index (χ0) is 11.2. The van der Waals surface area contributed by atoms with Crippen LogP contribution in [0.5, 0.6) is 0 Å². The van der Waals surface area contributed by atoms with Gasteiger partial charge in [0.05, 0.1) is 5.39 Å². The second-order valence-corrected chi connectivity index (χ2v) is 3.14. The molecule has 0 amide bonds. The Hall–Kier alpha value is -1.83. The Morgan fingerprint density at radius 2 is 2.20 bits per heavy atom. The van der Waals surface area contributed by atoms with Crippen LogP contribution in [-0.4, -0.2) is 14.6 Å². The Morgan fingerprint density at radius 1 is 1.53 bits per heavy atom. The number of halogens is 2. The molecule has 0 unspecified atom stereocenters. The summed E-state index contributed by atoms with van der Waals surface area (Å²) in [4.78, 5) is 16.8. The van der Waals surface area contributed by atoms with Gasteiger partial charge in [0.1, 0.15) is 5.65 Å². The Bertz CT molecular complexity index is 662. The number of nitrogens with zero attached hydrogens (tertiary/aromatic N) is 2. The topological polar surface area (TPSA) is 76.7 Å². The van der Waals surface area contributed by atoms with Gasteiger partial charge in [-0.2, -0.15) is 8.78 Å². The number of fused-ring (bicyclic) bond motifs is 1. The Labute approximate surface area is 86.1 Å². The molecule has 78 valence electrons. The molecule has 2 aromatic rings. The monoisotopic (exact) mass is 230 g/mol. The highest BCUT2D eigenvalue weighted by Gasteiger charge is 2.12. The van der Waals surface area contributed by atoms with E-state index in [1.165, 1.54) is 0 Å². The summed E-state index contributed by atoms with van der Waals surface area (Å²) in [6.07, 6.45) is 1.09. The zero-order valence-electron chi connectivity index (χ0n) is 7.12. The molecular formula is C7H4F2N4OS.